The third kappa shape index (κ3) is 3.91. The topological polar surface area (TPSA) is 94.2 Å². The van der Waals surface area contributed by atoms with Gasteiger partial charge in [-0.25, -0.2) is 9.48 Å². The number of nitrogens with zero attached hydrogens (tertiary/aromatic N) is 2. The number of carbonyl (C=O) groups is 1. The fourth-order valence-electron chi connectivity index (χ4n) is 3.19. The summed E-state index contributed by atoms with van der Waals surface area (Å²) in [6.07, 6.45) is 0. The van der Waals surface area contributed by atoms with Gasteiger partial charge in [0.25, 0.3) is 5.56 Å². The van der Waals surface area contributed by atoms with E-state index in [1.807, 2.05) is 32.0 Å². The first-order valence-electron chi connectivity index (χ1n) is 9.39. The second kappa shape index (κ2) is 7.79. The number of rotatable bonds is 4. The molecular formula is C23H19N3O4. The molecule has 0 saturated carbocycles. The van der Waals surface area contributed by atoms with Crippen LogP contribution in [0.15, 0.2) is 74.7 Å². The van der Waals surface area contributed by atoms with Gasteiger partial charge in [-0.2, -0.15) is 5.10 Å². The first-order valence-corrected chi connectivity index (χ1v) is 9.39. The number of benzene rings is 2. The second-order valence-corrected chi connectivity index (χ2v) is 7.07. The van der Waals surface area contributed by atoms with Crippen molar-refractivity contribution in [2.45, 2.75) is 20.4 Å². The number of anilines is 1. The van der Waals surface area contributed by atoms with E-state index in [1.54, 1.807) is 36.4 Å². The van der Waals surface area contributed by atoms with Crippen molar-refractivity contribution in [1.82, 2.24) is 9.78 Å². The number of nitrogens with one attached hydrogen (secondary N) is 1. The molecule has 0 fully saturated rings. The molecule has 0 radical (unpaired) electrons. The minimum atomic E-state index is -0.661. The standard InChI is InChI=1S/C23H19N3O4/c1-14-7-8-15(2)17(11-14)18-9-10-22(28)26(25-18)13-21(27)24-19-12-16-5-3-4-6-20(16)30-23(19)29/h3-12H,13H2,1-2H3,(H,24,27). The Morgan fingerprint density at radius 1 is 1.03 bits per heavy atom. The van der Waals surface area contributed by atoms with Crippen LogP contribution in [0.1, 0.15) is 11.1 Å². The van der Waals surface area contributed by atoms with Gasteiger partial charge in [0.15, 0.2) is 0 Å². The molecule has 30 heavy (non-hydrogen) atoms. The van der Waals surface area contributed by atoms with Crippen LogP contribution >= 0.6 is 0 Å². The SMILES string of the molecule is Cc1ccc(C)c(-c2ccc(=O)n(CC(=O)Nc3cc4ccccc4oc3=O)n2)c1. The van der Waals surface area contributed by atoms with Crippen LogP contribution in [0.25, 0.3) is 22.2 Å². The summed E-state index contributed by atoms with van der Waals surface area (Å²) >= 11 is 0. The normalized spacial score (nSPS) is 10.9. The number of aryl methyl sites for hydroxylation is 2. The molecule has 0 aliphatic carbocycles. The third-order valence-electron chi connectivity index (χ3n) is 4.74. The molecule has 0 unspecified atom stereocenters. The Morgan fingerprint density at radius 3 is 2.67 bits per heavy atom. The van der Waals surface area contributed by atoms with Gasteiger partial charge in [0.1, 0.15) is 17.8 Å². The average Bonchev–Trinajstić information content (AvgIpc) is 2.72. The summed E-state index contributed by atoms with van der Waals surface area (Å²) in [5.41, 5.74) is 2.92. The predicted octanol–water partition coefficient (Wildman–Crippen LogP) is 3.27. The maximum atomic E-state index is 12.5. The average molecular weight is 401 g/mol. The lowest BCUT2D eigenvalue weighted by Gasteiger charge is -2.10. The molecule has 7 nitrogen and oxygen atoms in total. The van der Waals surface area contributed by atoms with Crippen LogP contribution in [0.4, 0.5) is 5.69 Å². The summed E-state index contributed by atoms with van der Waals surface area (Å²) < 4.78 is 6.29. The van der Waals surface area contributed by atoms with Gasteiger partial charge in [-0.05, 0) is 43.7 Å². The molecule has 0 atom stereocenters. The van der Waals surface area contributed by atoms with Crippen LogP contribution in [0.5, 0.6) is 0 Å². The number of hydrogen-bond donors (Lipinski definition) is 1. The fourth-order valence-corrected chi connectivity index (χ4v) is 3.19. The predicted molar refractivity (Wildman–Crippen MR) is 115 cm³/mol. The van der Waals surface area contributed by atoms with Crippen LogP contribution in [-0.4, -0.2) is 15.7 Å². The van der Waals surface area contributed by atoms with Gasteiger partial charge >= 0.3 is 5.63 Å². The van der Waals surface area contributed by atoms with Crippen LogP contribution in [-0.2, 0) is 11.3 Å². The van der Waals surface area contributed by atoms with Crippen molar-refractivity contribution in [3.8, 4) is 11.3 Å². The summed E-state index contributed by atoms with van der Waals surface area (Å²) in [6.45, 7) is 3.60. The monoisotopic (exact) mass is 401 g/mol. The molecular weight excluding hydrogens is 382 g/mol. The quantitative estimate of drug-likeness (QED) is 0.530. The van der Waals surface area contributed by atoms with E-state index in [0.717, 1.165) is 21.4 Å². The molecule has 0 spiro atoms. The minimum absolute atomic E-state index is 0.0115. The summed E-state index contributed by atoms with van der Waals surface area (Å²) in [7, 11) is 0. The fraction of sp³-hybridized carbons (Fsp3) is 0.130. The molecule has 1 amide bonds. The molecule has 150 valence electrons. The molecule has 7 heteroatoms. The summed E-state index contributed by atoms with van der Waals surface area (Å²) in [5, 5.41) is 7.53. The van der Waals surface area contributed by atoms with Crippen molar-refractivity contribution in [3.63, 3.8) is 0 Å². The van der Waals surface area contributed by atoms with Gasteiger partial charge in [0.05, 0.1) is 5.69 Å². The second-order valence-electron chi connectivity index (χ2n) is 7.07. The Morgan fingerprint density at radius 2 is 1.83 bits per heavy atom. The zero-order valence-corrected chi connectivity index (χ0v) is 16.5. The number of carbonyl (C=O) groups excluding carboxylic acids is 1. The molecule has 0 saturated heterocycles. The Hall–Kier alpha value is -4.00. The lowest BCUT2D eigenvalue weighted by Crippen LogP contribution is -2.30. The van der Waals surface area contributed by atoms with Gasteiger partial charge in [-0.3, -0.25) is 9.59 Å². The lowest BCUT2D eigenvalue weighted by molar-refractivity contribution is -0.117. The van der Waals surface area contributed by atoms with E-state index in [0.29, 0.717) is 16.7 Å². The van der Waals surface area contributed by atoms with Crippen molar-refractivity contribution >= 4 is 22.6 Å². The first kappa shape index (κ1) is 19.3. The van der Waals surface area contributed by atoms with E-state index in [9.17, 15) is 14.4 Å². The molecule has 1 N–H and O–H groups in total. The Kier molecular flexibility index (Phi) is 5.02. The number of hydrogen-bond acceptors (Lipinski definition) is 5. The van der Waals surface area contributed by atoms with Gasteiger partial charge in [0, 0.05) is 17.0 Å². The van der Waals surface area contributed by atoms with Crippen molar-refractivity contribution in [2.24, 2.45) is 0 Å². The van der Waals surface area contributed by atoms with Crippen LogP contribution in [0, 0.1) is 13.8 Å². The Bertz CT molecular complexity index is 1390. The smallest absolute Gasteiger partial charge is 0.360 e. The van der Waals surface area contributed by atoms with E-state index in [2.05, 4.69) is 10.4 Å². The van der Waals surface area contributed by atoms with E-state index >= 15 is 0 Å². The molecule has 2 heterocycles. The molecule has 0 aliphatic rings. The highest BCUT2D eigenvalue weighted by atomic mass is 16.4. The van der Waals surface area contributed by atoms with Crippen molar-refractivity contribution in [3.05, 3.63) is 92.6 Å². The van der Waals surface area contributed by atoms with Crippen molar-refractivity contribution < 1.29 is 9.21 Å². The van der Waals surface area contributed by atoms with Crippen LogP contribution in [0.2, 0.25) is 0 Å². The maximum absolute atomic E-state index is 12.5. The Balaban J connectivity index is 1.61. The van der Waals surface area contributed by atoms with Crippen LogP contribution < -0.4 is 16.5 Å². The van der Waals surface area contributed by atoms with Crippen molar-refractivity contribution in [2.75, 3.05) is 5.32 Å². The van der Waals surface area contributed by atoms with E-state index in [4.69, 9.17) is 4.42 Å². The van der Waals surface area contributed by atoms with Crippen LogP contribution in [0.3, 0.4) is 0 Å². The van der Waals surface area contributed by atoms with Gasteiger partial charge in [-0.1, -0.05) is 35.9 Å². The molecule has 4 rings (SSSR count). The number of amides is 1. The molecule has 2 aromatic carbocycles. The minimum Gasteiger partial charge on any atom is -0.421 e. The number of para-hydroxylation sites is 1. The Labute approximate surface area is 171 Å². The maximum Gasteiger partial charge on any atom is 0.360 e. The first-order chi connectivity index (χ1) is 14.4. The molecule has 0 bridgehead atoms. The summed E-state index contributed by atoms with van der Waals surface area (Å²) in [6, 6.07) is 17.5. The number of fused-ring (bicyclic) bond motifs is 1. The highest BCUT2D eigenvalue weighted by Gasteiger charge is 2.12. The van der Waals surface area contributed by atoms with E-state index in [1.165, 1.54) is 6.07 Å². The summed E-state index contributed by atoms with van der Waals surface area (Å²) in [5.74, 6) is -0.551. The van der Waals surface area contributed by atoms with Gasteiger partial charge < -0.3 is 9.73 Å². The van der Waals surface area contributed by atoms with E-state index < -0.39 is 17.1 Å². The largest absolute Gasteiger partial charge is 0.421 e. The van der Waals surface area contributed by atoms with Gasteiger partial charge in [0.2, 0.25) is 5.91 Å². The highest BCUT2D eigenvalue weighted by molar-refractivity contribution is 5.92. The zero-order valence-electron chi connectivity index (χ0n) is 16.5. The molecule has 4 aromatic rings. The third-order valence-corrected chi connectivity index (χ3v) is 4.74. The van der Waals surface area contributed by atoms with Crippen molar-refractivity contribution in [1.29, 1.82) is 0 Å². The summed E-state index contributed by atoms with van der Waals surface area (Å²) in [4.78, 5) is 36.9. The van der Waals surface area contributed by atoms with Gasteiger partial charge in [-0.15, -0.1) is 0 Å². The molecule has 2 aromatic heterocycles. The zero-order chi connectivity index (χ0) is 21.3. The molecule has 0 aliphatic heterocycles. The highest BCUT2D eigenvalue weighted by Crippen LogP contribution is 2.21. The lowest BCUT2D eigenvalue weighted by atomic mass is 10.0. The van der Waals surface area contributed by atoms with E-state index in [-0.39, 0.29) is 12.2 Å². The number of aromatic nitrogens is 2.